The highest BCUT2D eigenvalue weighted by molar-refractivity contribution is 6.28. The Bertz CT molecular complexity index is 1520. The van der Waals surface area contributed by atoms with E-state index in [4.69, 9.17) is 30.8 Å². The van der Waals surface area contributed by atoms with E-state index in [-0.39, 0.29) is 17.3 Å². The summed E-state index contributed by atoms with van der Waals surface area (Å²) in [7, 11) is 0. The molecule has 0 unspecified atom stereocenters. The molecule has 2 aromatic carbocycles. The fraction of sp³-hybridized carbons (Fsp3) is 0.414. The molecule has 0 spiro atoms. The van der Waals surface area contributed by atoms with Gasteiger partial charge in [0.25, 0.3) is 0 Å². The summed E-state index contributed by atoms with van der Waals surface area (Å²) in [6.07, 6.45) is -0.249. The van der Waals surface area contributed by atoms with Crippen molar-refractivity contribution in [2.24, 2.45) is 0 Å². The van der Waals surface area contributed by atoms with Crippen molar-refractivity contribution in [1.82, 2.24) is 19.5 Å². The van der Waals surface area contributed by atoms with Gasteiger partial charge in [-0.1, -0.05) is 60.2 Å². The number of nitrogens with zero attached hydrogens (tertiary/aromatic N) is 5. The summed E-state index contributed by atoms with van der Waals surface area (Å²) in [5, 5.41) is 10.1. The second kappa shape index (κ2) is 8.97. The summed E-state index contributed by atoms with van der Waals surface area (Å²) < 4.78 is 20.2. The maximum Gasteiger partial charge on any atom is 0.226 e. The van der Waals surface area contributed by atoms with E-state index in [2.05, 4.69) is 70.3 Å². The summed E-state index contributed by atoms with van der Waals surface area (Å²) in [4.78, 5) is 16.1. The second-order valence-corrected chi connectivity index (χ2v) is 11.5. The van der Waals surface area contributed by atoms with Gasteiger partial charge in [0.1, 0.15) is 18.3 Å². The van der Waals surface area contributed by atoms with E-state index in [1.807, 2.05) is 24.5 Å². The molecule has 3 aliphatic heterocycles. The number of fused-ring (bicyclic) bond motifs is 2. The van der Waals surface area contributed by atoms with Crippen LogP contribution in [0.4, 0.5) is 5.82 Å². The first kappa shape index (κ1) is 24.9. The number of ether oxygens (including phenoxy) is 3. The standard InChI is InChI=1S/C29H30ClN5O4/c1-17-9-11-19(12-10-17)29(18-7-5-4-6-8-18)14-34(15-29)24-21-25(33-27(30)32-24)35(16-31-21)26-23-22(20(13-36)37-26)38-28(2,3)39-23/h4-12,16,20,22-23,26,36H,13-15H2,1-3H3/t20-,22-,23-,26-/m1/s1. The first-order valence-electron chi connectivity index (χ1n) is 13.2. The molecule has 0 amide bonds. The number of aromatic nitrogens is 4. The maximum atomic E-state index is 9.93. The van der Waals surface area contributed by atoms with Gasteiger partial charge in [-0.05, 0) is 43.5 Å². The number of aliphatic hydroxyl groups is 1. The van der Waals surface area contributed by atoms with E-state index in [1.54, 1.807) is 6.33 Å². The molecular weight excluding hydrogens is 518 g/mol. The van der Waals surface area contributed by atoms with Gasteiger partial charge in [-0.2, -0.15) is 9.97 Å². The van der Waals surface area contributed by atoms with Crippen molar-refractivity contribution >= 4 is 28.6 Å². The predicted molar refractivity (Wildman–Crippen MR) is 146 cm³/mol. The van der Waals surface area contributed by atoms with Gasteiger partial charge >= 0.3 is 0 Å². The molecule has 39 heavy (non-hydrogen) atoms. The first-order chi connectivity index (χ1) is 18.8. The quantitative estimate of drug-likeness (QED) is 0.375. The minimum Gasteiger partial charge on any atom is -0.394 e. The summed E-state index contributed by atoms with van der Waals surface area (Å²) in [6.45, 7) is 7.08. The van der Waals surface area contributed by atoms with Crippen LogP contribution in [-0.2, 0) is 19.6 Å². The number of aryl methyl sites for hydroxylation is 1. The highest BCUT2D eigenvalue weighted by Gasteiger charge is 2.56. The Morgan fingerprint density at radius 1 is 0.974 bits per heavy atom. The van der Waals surface area contributed by atoms with Crippen LogP contribution in [0.3, 0.4) is 0 Å². The third-order valence-corrected chi connectivity index (χ3v) is 8.28. The van der Waals surface area contributed by atoms with Gasteiger partial charge in [-0.3, -0.25) is 4.57 Å². The molecule has 3 saturated heterocycles. The number of hydrogen-bond donors (Lipinski definition) is 1. The minimum absolute atomic E-state index is 0.129. The van der Waals surface area contributed by atoms with E-state index in [1.165, 1.54) is 16.7 Å². The number of halogens is 1. The Kier molecular flexibility index (Phi) is 5.73. The van der Waals surface area contributed by atoms with Crippen LogP contribution in [0.15, 0.2) is 60.9 Å². The van der Waals surface area contributed by atoms with Crippen molar-refractivity contribution in [2.45, 2.75) is 56.5 Å². The molecule has 4 aromatic rings. The lowest BCUT2D eigenvalue weighted by Crippen LogP contribution is -2.60. The zero-order chi connectivity index (χ0) is 26.9. The van der Waals surface area contributed by atoms with E-state index in [0.29, 0.717) is 17.0 Å². The van der Waals surface area contributed by atoms with Crippen LogP contribution < -0.4 is 4.90 Å². The Morgan fingerprint density at radius 2 is 1.67 bits per heavy atom. The lowest BCUT2D eigenvalue weighted by Gasteiger charge is -2.51. The topological polar surface area (TPSA) is 94.8 Å². The van der Waals surface area contributed by atoms with Gasteiger partial charge in [0.05, 0.1) is 18.3 Å². The number of aliphatic hydroxyl groups excluding tert-OH is 1. The fourth-order valence-corrected chi connectivity index (χ4v) is 6.39. The number of hydrogen-bond acceptors (Lipinski definition) is 8. The highest BCUT2D eigenvalue weighted by atomic mass is 35.5. The summed E-state index contributed by atoms with van der Waals surface area (Å²) in [5.74, 6) is -0.104. The van der Waals surface area contributed by atoms with Crippen LogP contribution >= 0.6 is 11.6 Å². The lowest BCUT2D eigenvalue weighted by molar-refractivity contribution is -0.199. The fourth-order valence-electron chi connectivity index (χ4n) is 6.23. The molecule has 2 aromatic heterocycles. The van der Waals surface area contributed by atoms with Crippen molar-refractivity contribution in [3.63, 3.8) is 0 Å². The highest BCUT2D eigenvalue weighted by Crippen LogP contribution is 2.46. The smallest absolute Gasteiger partial charge is 0.226 e. The lowest BCUT2D eigenvalue weighted by atomic mass is 9.68. The van der Waals surface area contributed by atoms with Gasteiger partial charge in [0.15, 0.2) is 29.0 Å². The molecule has 9 nitrogen and oxygen atoms in total. The number of anilines is 1. The Balaban J connectivity index is 1.25. The average molecular weight is 548 g/mol. The number of rotatable bonds is 5. The van der Waals surface area contributed by atoms with E-state index in [9.17, 15) is 5.11 Å². The SMILES string of the molecule is Cc1ccc(C2(c3ccccc3)CN(c3nc(Cl)nc4c3ncn4[C@@H]3O[C@H](CO)[C@H]4OC(C)(C)O[C@H]43)C2)cc1. The largest absolute Gasteiger partial charge is 0.394 e. The van der Waals surface area contributed by atoms with Crippen molar-refractivity contribution in [2.75, 3.05) is 24.6 Å². The van der Waals surface area contributed by atoms with Crippen molar-refractivity contribution in [3.8, 4) is 0 Å². The van der Waals surface area contributed by atoms with Crippen LogP contribution in [-0.4, -0.2) is 68.4 Å². The molecule has 0 aliphatic carbocycles. The molecular formula is C29H30ClN5O4. The van der Waals surface area contributed by atoms with E-state index >= 15 is 0 Å². The van der Waals surface area contributed by atoms with Gasteiger partial charge in [-0.15, -0.1) is 0 Å². The van der Waals surface area contributed by atoms with Crippen molar-refractivity contribution in [1.29, 1.82) is 0 Å². The van der Waals surface area contributed by atoms with Crippen LogP contribution in [0.25, 0.3) is 11.2 Å². The molecule has 7 rings (SSSR count). The Labute approximate surface area is 231 Å². The molecule has 0 bridgehead atoms. The molecule has 1 N–H and O–H groups in total. The summed E-state index contributed by atoms with van der Waals surface area (Å²) in [5.41, 5.74) is 4.75. The predicted octanol–water partition coefficient (Wildman–Crippen LogP) is 4.00. The molecule has 10 heteroatoms. The van der Waals surface area contributed by atoms with E-state index < -0.39 is 30.3 Å². The van der Waals surface area contributed by atoms with Gasteiger partial charge in [0.2, 0.25) is 5.28 Å². The molecule has 0 saturated carbocycles. The van der Waals surface area contributed by atoms with Crippen LogP contribution in [0.5, 0.6) is 0 Å². The number of benzene rings is 2. The molecule has 0 radical (unpaired) electrons. The normalized spacial score (nSPS) is 27.1. The summed E-state index contributed by atoms with van der Waals surface area (Å²) >= 11 is 6.49. The summed E-state index contributed by atoms with van der Waals surface area (Å²) in [6, 6.07) is 19.3. The van der Waals surface area contributed by atoms with Crippen LogP contribution in [0, 0.1) is 6.92 Å². The van der Waals surface area contributed by atoms with Crippen molar-refractivity contribution < 1.29 is 19.3 Å². The third kappa shape index (κ3) is 3.95. The van der Waals surface area contributed by atoms with Crippen molar-refractivity contribution in [3.05, 3.63) is 82.9 Å². The maximum absolute atomic E-state index is 9.93. The molecule has 202 valence electrons. The average Bonchev–Trinajstić information content (AvgIpc) is 3.55. The minimum atomic E-state index is -0.784. The van der Waals surface area contributed by atoms with E-state index in [0.717, 1.165) is 13.1 Å². The number of imidazole rings is 1. The Hall–Kier alpha value is -3.08. The van der Waals surface area contributed by atoms with Gasteiger partial charge < -0.3 is 24.2 Å². The van der Waals surface area contributed by atoms with Crippen LogP contribution in [0.2, 0.25) is 5.28 Å². The third-order valence-electron chi connectivity index (χ3n) is 8.11. The zero-order valence-electron chi connectivity index (χ0n) is 22.0. The molecule has 3 fully saturated rings. The zero-order valence-corrected chi connectivity index (χ0v) is 22.7. The first-order valence-corrected chi connectivity index (χ1v) is 13.6. The molecule has 4 atom stereocenters. The van der Waals surface area contributed by atoms with Gasteiger partial charge in [0, 0.05) is 13.1 Å². The van der Waals surface area contributed by atoms with Crippen LogP contribution in [0.1, 0.15) is 36.8 Å². The van der Waals surface area contributed by atoms with Gasteiger partial charge in [-0.25, -0.2) is 4.98 Å². The molecule has 5 heterocycles. The second-order valence-electron chi connectivity index (χ2n) is 11.1. The Morgan fingerprint density at radius 3 is 2.38 bits per heavy atom. The monoisotopic (exact) mass is 547 g/mol. The molecule has 3 aliphatic rings.